The van der Waals surface area contributed by atoms with Crippen LogP contribution in [0.4, 0.5) is 0 Å². The molecule has 0 spiro atoms. The predicted molar refractivity (Wildman–Crippen MR) is 112 cm³/mol. The van der Waals surface area contributed by atoms with Gasteiger partial charge in [-0.3, -0.25) is 9.59 Å². The minimum atomic E-state index is -0.0969. The van der Waals surface area contributed by atoms with Crippen molar-refractivity contribution in [3.8, 4) is 0 Å². The van der Waals surface area contributed by atoms with E-state index < -0.39 is 0 Å². The highest BCUT2D eigenvalue weighted by Gasteiger charge is 2.62. The highest BCUT2D eigenvalue weighted by molar-refractivity contribution is 5.74. The van der Waals surface area contributed by atoms with Crippen molar-refractivity contribution in [1.82, 2.24) is 0 Å². The third-order valence-electron chi connectivity index (χ3n) is 9.70. The standard InChI is InChI=1S/C25H38O4/c1-24-13-6-5-7-17(24)15-18(23(27)29-4)22-19-10-8-16(9-11-21(26)28-3)25(19,2)14-12-20(22)24/h7,16,18-20,22H,5-6,8-15H2,1-4H3/t16-,18+,19-,20-,22-,24-,25+/m0/s1. The van der Waals surface area contributed by atoms with E-state index in [0.717, 1.165) is 19.3 Å². The van der Waals surface area contributed by atoms with Crippen molar-refractivity contribution in [3.05, 3.63) is 11.6 Å². The number of methoxy groups -OCH3 is 2. The van der Waals surface area contributed by atoms with E-state index in [2.05, 4.69) is 19.9 Å². The smallest absolute Gasteiger partial charge is 0.309 e. The molecule has 0 radical (unpaired) electrons. The van der Waals surface area contributed by atoms with Gasteiger partial charge in [-0.2, -0.15) is 0 Å². The van der Waals surface area contributed by atoms with Crippen molar-refractivity contribution in [2.45, 2.75) is 78.1 Å². The molecule has 4 heteroatoms. The van der Waals surface area contributed by atoms with Crippen LogP contribution in [0.25, 0.3) is 0 Å². The second kappa shape index (κ2) is 7.74. The SMILES string of the molecule is COC(=O)CC[C@@H]1CC[C@H]2[C@@H]3[C@H](C(=O)OC)CC4=CCCC[C@]4(C)[C@H]3CC[C@]12C. The summed E-state index contributed by atoms with van der Waals surface area (Å²) in [7, 11) is 3.03. The first-order chi connectivity index (χ1) is 13.8. The Morgan fingerprint density at radius 3 is 2.59 bits per heavy atom. The Morgan fingerprint density at radius 2 is 1.86 bits per heavy atom. The number of carbonyl (C=O) groups excluding carboxylic acids is 2. The molecule has 0 unspecified atom stereocenters. The molecule has 0 saturated heterocycles. The van der Waals surface area contributed by atoms with Gasteiger partial charge in [0.2, 0.25) is 0 Å². The van der Waals surface area contributed by atoms with Gasteiger partial charge < -0.3 is 9.47 Å². The lowest BCUT2D eigenvalue weighted by molar-refractivity contribution is -0.158. The third kappa shape index (κ3) is 3.25. The molecule has 3 saturated carbocycles. The van der Waals surface area contributed by atoms with E-state index in [4.69, 9.17) is 9.47 Å². The molecule has 4 nitrogen and oxygen atoms in total. The highest BCUT2D eigenvalue weighted by atomic mass is 16.5. The van der Waals surface area contributed by atoms with Crippen LogP contribution in [0, 0.1) is 40.4 Å². The average Bonchev–Trinajstić information content (AvgIpc) is 3.06. The lowest BCUT2D eigenvalue weighted by Crippen LogP contribution is -2.54. The number of esters is 2. The van der Waals surface area contributed by atoms with Gasteiger partial charge in [0.05, 0.1) is 20.1 Å². The number of ether oxygens (including phenoxy) is 2. The molecule has 3 fully saturated rings. The molecule has 0 aromatic carbocycles. The summed E-state index contributed by atoms with van der Waals surface area (Å²) in [4.78, 5) is 24.7. The Hall–Kier alpha value is -1.32. The maximum atomic E-state index is 12.9. The lowest BCUT2D eigenvalue weighted by atomic mass is 9.44. The number of fused-ring (bicyclic) bond motifs is 5. The Morgan fingerprint density at radius 1 is 1.07 bits per heavy atom. The van der Waals surface area contributed by atoms with Crippen LogP contribution in [0.5, 0.6) is 0 Å². The zero-order chi connectivity index (χ0) is 20.8. The van der Waals surface area contributed by atoms with Gasteiger partial charge in [0.1, 0.15) is 0 Å². The minimum absolute atomic E-state index is 0.00390. The topological polar surface area (TPSA) is 52.6 Å². The maximum absolute atomic E-state index is 12.9. The fourth-order valence-corrected chi connectivity index (χ4v) is 8.12. The van der Waals surface area contributed by atoms with Gasteiger partial charge in [0.25, 0.3) is 0 Å². The van der Waals surface area contributed by atoms with E-state index in [9.17, 15) is 9.59 Å². The monoisotopic (exact) mass is 402 g/mol. The van der Waals surface area contributed by atoms with Crippen LogP contribution in [-0.2, 0) is 19.1 Å². The van der Waals surface area contributed by atoms with E-state index in [1.54, 1.807) is 7.11 Å². The first-order valence-corrected chi connectivity index (χ1v) is 11.7. The summed E-state index contributed by atoms with van der Waals surface area (Å²) in [5, 5.41) is 0. The van der Waals surface area contributed by atoms with Crippen molar-refractivity contribution in [2.75, 3.05) is 14.2 Å². The molecule has 162 valence electrons. The Bertz CT molecular complexity index is 697. The van der Waals surface area contributed by atoms with Crippen LogP contribution in [0.15, 0.2) is 11.6 Å². The second-order valence-electron chi connectivity index (χ2n) is 10.6. The van der Waals surface area contributed by atoms with Crippen LogP contribution in [0.2, 0.25) is 0 Å². The predicted octanol–water partition coefficient (Wildman–Crippen LogP) is 5.31. The van der Waals surface area contributed by atoms with Crippen LogP contribution in [0.1, 0.15) is 78.1 Å². The molecule has 7 atom stereocenters. The van der Waals surface area contributed by atoms with Crippen molar-refractivity contribution < 1.29 is 19.1 Å². The van der Waals surface area contributed by atoms with Crippen molar-refractivity contribution in [1.29, 1.82) is 0 Å². The van der Waals surface area contributed by atoms with Crippen molar-refractivity contribution in [3.63, 3.8) is 0 Å². The van der Waals surface area contributed by atoms with E-state index in [1.165, 1.54) is 51.2 Å². The number of carbonyl (C=O) groups is 2. The number of rotatable bonds is 4. The first kappa shape index (κ1) is 20.9. The molecule has 0 heterocycles. The fourth-order valence-electron chi connectivity index (χ4n) is 8.12. The van der Waals surface area contributed by atoms with Gasteiger partial charge in [-0.15, -0.1) is 0 Å². The lowest BCUT2D eigenvalue weighted by Gasteiger charge is -2.60. The van der Waals surface area contributed by atoms with Gasteiger partial charge in [-0.05, 0) is 92.3 Å². The summed E-state index contributed by atoms with van der Waals surface area (Å²) in [6.07, 6.45) is 13.3. The van der Waals surface area contributed by atoms with E-state index in [0.29, 0.717) is 30.1 Å². The molecule has 0 bridgehead atoms. The molecule has 0 amide bonds. The summed E-state index contributed by atoms with van der Waals surface area (Å²) >= 11 is 0. The second-order valence-corrected chi connectivity index (χ2v) is 10.6. The van der Waals surface area contributed by atoms with E-state index in [1.807, 2.05) is 0 Å². The van der Waals surface area contributed by atoms with Gasteiger partial charge >= 0.3 is 11.9 Å². The molecule has 4 aliphatic rings. The zero-order valence-corrected chi connectivity index (χ0v) is 18.7. The molecule has 4 aliphatic carbocycles. The largest absolute Gasteiger partial charge is 0.469 e. The van der Waals surface area contributed by atoms with Crippen LogP contribution < -0.4 is 0 Å². The van der Waals surface area contributed by atoms with Crippen LogP contribution in [-0.4, -0.2) is 26.2 Å². The Kier molecular flexibility index (Phi) is 5.59. The maximum Gasteiger partial charge on any atom is 0.309 e. The van der Waals surface area contributed by atoms with Gasteiger partial charge in [-0.25, -0.2) is 0 Å². The summed E-state index contributed by atoms with van der Waals surface area (Å²) in [5.41, 5.74) is 2.02. The molecule has 0 N–H and O–H groups in total. The van der Waals surface area contributed by atoms with E-state index in [-0.39, 0.29) is 28.7 Å². The molecular weight excluding hydrogens is 364 g/mol. The molecule has 4 rings (SSSR count). The summed E-state index contributed by atoms with van der Waals surface area (Å²) in [6.45, 7) is 4.93. The summed E-state index contributed by atoms with van der Waals surface area (Å²) in [6, 6.07) is 0. The Labute approximate surface area is 175 Å². The molecule has 0 aromatic heterocycles. The fraction of sp³-hybridized carbons (Fsp3) is 0.840. The Balaban J connectivity index is 1.64. The van der Waals surface area contributed by atoms with Crippen molar-refractivity contribution in [2.24, 2.45) is 40.4 Å². The third-order valence-corrected chi connectivity index (χ3v) is 9.70. The number of hydrogen-bond acceptors (Lipinski definition) is 4. The van der Waals surface area contributed by atoms with Crippen LogP contribution >= 0.6 is 0 Å². The highest BCUT2D eigenvalue weighted by Crippen LogP contribution is 2.68. The quantitative estimate of drug-likeness (QED) is 0.472. The summed E-state index contributed by atoms with van der Waals surface area (Å²) in [5.74, 6) is 2.03. The van der Waals surface area contributed by atoms with E-state index >= 15 is 0 Å². The average molecular weight is 403 g/mol. The molecular formula is C25H38O4. The zero-order valence-electron chi connectivity index (χ0n) is 18.7. The number of allylic oxidation sites excluding steroid dienone is 2. The van der Waals surface area contributed by atoms with Gasteiger partial charge in [0, 0.05) is 6.42 Å². The van der Waals surface area contributed by atoms with Crippen LogP contribution in [0.3, 0.4) is 0 Å². The molecule has 0 aliphatic heterocycles. The first-order valence-electron chi connectivity index (χ1n) is 11.7. The normalized spacial score (nSPS) is 43.4. The van der Waals surface area contributed by atoms with Crippen molar-refractivity contribution >= 4 is 11.9 Å². The number of hydrogen-bond donors (Lipinski definition) is 0. The van der Waals surface area contributed by atoms with Gasteiger partial charge in [-0.1, -0.05) is 25.5 Å². The minimum Gasteiger partial charge on any atom is -0.469 e. The molecule has 29 heavy (non-hydrogen) atoms. The molecule has 0 aromatic rings. The summed E-state index contributed by atoms with van der Waals surface area (Å²) < 4.78 is 10.2. The van der Waals surface area contributed by atoms with Gasteiger partial charge in [0.15, 0.2) is 0 Å².